The number of likely N-dealkylation sites (N-methyl/N-ethyl adjacent to an activating group) is 1. The van der Waals surface area contributed by atoms with Crippen LogP contribution in [0.15, 0.2) is 53.1 Å². The van der Waals surface area contributed by atoms with Crippen molar-refractivity contribution in [3.8, 4) is 0 Å². The molecule has 0 radical (unpaired) electrons. The maximum absolute atomic E-state index is 12.9. The highest BCUT2D eigenvalue weighted by Gasteiger charge is 2.20. The van der Waals surface area contributed by atoms with E-state index in [9.17, 15) is 4.79 Å². The molecule has 2 heterocycles. The van der Waals surface area contributed by atoms with E-state index in [1.165, 1.54) is 5.56 Å². The summed E-state index contributed by atoms with van der Waals surface area (Å²) in [5.41, 5.74) is 3.93. The third-order valence-corrected chi connectivity index (χ3v) is 5.66. The predicted octanol–water partition coefficient (Wildman–Crippen LogP) is 5.20. The molecule has 0 spiro atoms. The van der Waals surface area contributed by atoms with Gasteiger partial charge in [-0.15, -0.1) is 0 Å². The molecule has 0 fully saturated rings. The minimum atomic E-state index is 0.0359. The summed E-state index contributed by atoms with van der Waals surface area (Å²) in [6.07, 6.45) is 2.97. The highest BCUT2D eigenvalue weighted by molar-refractivity contribution is 7.22. The van der Waals surface area contributed by atoms with Crippen molar-refractivity contribution in [2.45, 2.75) is 26.7 Å². The number of rotatable bonds is 5. The number of amides is 1. The zero-order valence-electron chi connectivity index (χ0n) is 14.9. The van der Waals surface area contributed by atoms with Crippen molar-refractivity contribution in [2.24, 2.45) is 0 Å². The summed E-state index contributed by atoms with van der Waals surface area (Å²) < 4.78 is 6.77. The van der Waals surface area contributed by atoms with Gasteiger partial charge < -0.3 is 4.42 Å². The topological polar surface area (TPSA) is 46.3 Å². The fourth-order valence-electron chi connectivity index (χ4n) is 3.14. The summed E-state index contributed by atoms with van der Waals surface area (Å²) in [5, 5.41) is 1.76. The van der Waals surface area contributed by atoms with E-state index >= 15 is 0 Å². The Morgan fingerprint density at radius 2 is 2.04 bits per heavy atom. The Balaban J connectivity index is 1.61. The number of para-hydroxylation sites is 1. The van der Waals surface area contributed by atoms with Crippen molar-refractivity contribution in [3.05, 3.63) is 59.9 Å². The second kappa shape index (κ2) is 6.92. The standard InChI is InChI=1S/C21H20N2O2S/c1-3-14-9-10-16-15(13-25-18(16)11-14)12-20(24)23(4-2)21-22-17-7-5-6-8-19(17)26-21/h5-11,13H,3-4,12H2,1-2H3. The average molecular weight is 364 g/mol. The Labute approximate surface area is 156 Å². The lowest BCUT2D eigenvalue weighted by Crippen LogP contribution is -2.31. The van der Waals surface area contributed by atoms with Crippen molar-refractivity contribution < 1.29 is 9.21 Å². The molecule has 4 nitrogen and oxygen atoms in total. The SMILES string of the molecule is CCc1ccc2c(CC(=O)N(CC)c3nc4ccccc4s3)coc2c1. The van der Waals surface area contributed by atoms with Crippen molar-refractivity contribution in [2.75, 3.05) is 11.4 Å². The van der Waals surface area contributed by atoms with Crippen LogP contribution in [0.2, 0.25) is 0 Å². The molecule has 4 aromatic rings. The van der Waals surface area contributed by atoms with E-state index in [0.29, 0.717) is 13.0 Å². The van der Waals surface area contributed by atoms with E-state index in [2.05, 4.69) is 24.0 Å². The summed E-state index contributed by atoms with van der Waals surface area (Å²) in [6, 6.07) is 14.2. The van der Waals surface area contributed by atoms with Gasteiger partial charge in [0.15, 0.2) is 5.13 Å². The van der Waals surface area contributed by atoms with Crippen molar-refractivity contribution in [1.29, 1.82) is 0 Å². The molecule has 0 N–H and O–H groups in total. The van der Waals surface area contributed by atoms with Crippen LogP contribution in [-0.2, 0) is 17.6 Å². The molecule has 1 amide bonds. The Morgan fingerprint density at radius 3 is 2.81 bits per heavy atom. The fraction of sp³-hybridized carbons (Fsp3) is 0.238. The smallest absolute Gasteiger partial charge is 0.233 e. The zero-order chi connectivity index (χ0) is 18.1. The molecule has 2 aromatic carbocycles. The highest BCUT2D eigenvalue weighted by atomic mass is 32.1. The molecule has 0 aliphatic heterocycles. The molecule has 0 saturated carbocycles. The zero-order valence-corrected chi connectivity index (χ0v) is 15.7. The number of anilines is 1. The molecule has 0 aliphatic rings. The molecule has 0 atom stereocenters. The van der Waals surface area contributed by atoms with Crippen LogP contribution in [0, 0.1) is 0 Å². The lowest BCUT2D eigenvalue weighted by atomic mass is 10.1. The van der Waals surface area contributed by atoms with Gasteiger partial charge in [-0.1, -0.05) is 42.5 Å². The molecule has 0 saturated heterocycles. The lowest BCUT2D eigenvalue weighted by molar-refractivity contribution is -0.117. The van der Waals surface area contributed by atoms with Gasteiger partial charge in [0, 0.05) is 17.5 Å². The van der Waals surface area contributed by atoms with E-state index in [1.807, 2.05) is 37.3 Å². The van der Waals surface area contributed by atoms with Gasteiger partial charge in [0.25, 0.3) is 0 Å². The number of hydrogen-bond donors (Lipinski definition) is 0. The number of furan rings is 1. The fourth-order valence-corrected chi connectivity index (χ4v) is 4.18. The normalized spacial score (nSPS) is 11.3. The lowest BCUT2D eigenvalue weighted by Gasteiger charge is -2.17. The van der Waals surface area contributed by atoms with Crippen LogP contribution in [0.5, 0.6) is 0 Å². The number of fused-ring (bicyclic) bond motifs is 2. The number of aryl methyl sites for hydroxylation is 1. The summed E-state index contributed by atoms with van der Waals surface area (Å²) in [6.45, 7) is 4.69. The molecule has 26 heavy (non-hydrogen) atoms. The Hall–Kier alpha value is -2.66. The van der Waals surface area contributed by atoms with Gasteiger partial charge in [-0.05, 0) is 37.1 Å². The largest absolute Gasteiger partial charge is 0.464 e. The number of aromatic nitrogens is 1. The van der Waals surface area contributed by atoms with Crippen LogP contribution < -0.4 is 4.90 Å². The molecule has 5 heteroatoms. The Kier molecular flexibility index (Phi) is 4.47. The Morgan fingerprint density at radius 1 is 1.19 bits per heavy atom. The van der Waals surface area contributed by atoms with Gasteiger partial charge in [-0.2, -0.15) is 0 Å². The van der Waals surface area contributed by atoms with Crippen molar-refractivity contribution in [1.82, 2.24) is 4.98 Å². The third-order valence-electron chi connectivity index (χ3n) is 4.60. The molecule has 2 aromatic heterocycles. The second-order valence-electron chi connectivity index (χ2n) is 6.22. The van der Waals surface area contributed by atoms with Crippen LogP contribution in [0.25, 0.3) is 21.2 Å². The molecule has 132 valence electrons. The maximum Gasteiger partial charge on any atom is 0.233 e. The average Bonchev–Trinajstić information content (AvgIpc) is 3.26. The van der Waals surface area contributed by atoms with Crippen LogP contribution in [0.3, 0.4) is 0 Å². The predicted molar refractivity (Wildman–Crippen MR) is 107 cm³/mol. The van der Waals surface area contributed by atoms with Crippen LogP contribution in [-0.4, -0.2) is 17.4 Å². The van der Waals surface area contributed by atoms with Gasteiger partial charge in [-0.3, -0.25) is 9.69 Å². The number of nitrogens with zero attached hydrogens (tertiary/aromatic N) is 2. The van der Waals surface area contributed by atoms with Gasteiger partial charge in [0.1, 0.15) is 5.58 Å². The van der Waals surface area contributed by atoms with E-state index < -0.39 is 0 Å². The van der Waals surface area contributed by atoms with Gasteiger partial charge in [0.05, 0.1) is 22.9 Å². The number of benzene rings is 2. The number of carbonyl (C=O) groups excluding carboxylic acids is 1. The van der Waals surface area contributed by atoms with E-state index in [-0.39, 0.29) is 5.91 Å². The molecule has 0 bridgehead atoms. The number of carbonyl (C=O) groups is 1. The first kappa shape index (κ1) is 16.8. The van der Waals surface area contributed by atoms with E-state index in [4.69, 9.17) is 4.42 Å². The van der Waals surface area contributed by atoms with Gasteiger partial charge in [-0.25, -0.2) is 4.98 Å². The molecular formula is C21H20N2O2S. The minimum absolute atomic E-state index is 0.0359. The number of hydrogen-bond acceptors (Lipinski definition) is 4. The molecule has 0 aliphatic carbocycles. The minimum Gasteiger partial charge on any atom is -0.464 e. The quantitative estimate of drug-likeness (QED) is 0.489. The van der Waals surface area contributed by atoms with Gasteiger partial charge in [0.2, 0.25) is 5.91 Å². The summed E-state index contributed by atoms with van der Waals surface area (Å²) in [4.78, 5) is 19.3. The summed E-state index contributed by atoms with van der Waals surface area (Å²) in [7, 11) is 0. The first-order chi connectivity index (χ1) is 12.7. The van der Waals surface area contributed by atoms with Crippen LogP contribution in [0.1, 0.15) is 25.0 Å². The molecule has 4 rings (SSSR count). The highest BCUT2D eigenvalue weighted by Crippen LogP contribution is 2.30. The van der Waals surface area contributed by atoms with Crippen LogP contribution in [0.4, 0.5) is 5.13 Å². The van der Waals surface area contributed by atoms with E-state index in [1.54, 1.807) is 22.5 Å². The van der Waals surface area contributed by atoms with Crippen LogP contribution >= 0.6 is 11.3 Å². The monoisotopic (exact) mass is 364 g/mol. The van der Waals surface area contributed by atoms with Crippen molar-refractivity contribution in [3.63, 3.8) is 0 Å². The summed E-state index contributed by atoms with van der Waals surface area (Å²) in [5.74, 6) is 0.0359. The number of thiazole rings is 1. The van der Waals surface area contributed by atoms with Gasteiger partial charge >= 0.3 is 0 Å². The first-order valence-corrected chi connectivity index (χ1v) is 9.66. The van der Waals surface area contributed by atoms with E-state index in [0.717, 1.165) is 38.3 Å². The van der Waals surface area contributed by atoms with Crippen molar-refractivity contribution >= 4 is 43.6 Å². The maximum atomic E-state index is 12.9. The molecular weight excluding hydrogens is 344 g/mol. The summed E-state index contributed by atoms with van der Waals surface area (Å²) >= 11 is 1.55. The third kappa shape index (κ3) is 2.99. The first-order valence-electron chi connectivity index (χ1n) is 8.84. The molecule has 0 unspecified atom stereocenters. The Bertz CT molecular complexity index is 1050. The second-order valence-corrected chi connectivity index (χ2v) is 7.23.